The lowest BCUT2D eigenvalue weighted by atomic mass is 10.1. The first kappa shape index (κ1) is 15.8. The van der Waals surface area contributed by atoms with Crippen molar-refractivity contribution >= 4 is 16.9 Å². The highest BCUT2D eigenvalue weighted by atomic mass is 16.5. The van der Waals surface area contributed by atoms with E-state index in [1.807, 2.05) is 41.3 Å². The monoisotopic (exact) mass is 336 g/mol. The van der Waals surface area contributed by atoms with E-state index in [2.05, 4.69) is 15.4 Å². The maximum atomic E-state index is 13.1. The van der Waals surface area contributed by atoms with Gasteiger partial charge in [0.1, 0.15) is 11.0 Å². The zero-order valence-electron chi connectivity index (χ0n) is 13.9. The van der Waals surface area contributed by atoms with Gasteiger partial charge in [0, 0.05) is 25.3 Å². The zero-order chi connectivity index (χ0) is 17.1. The third-order valence-electron chi connectivity index (χ3n) is 4.51. The lowest BCUT2D eigenvalue weighted by Crippen LogP contribution is -2.37. The number of aromatic nitrogens is 3. The van der Waals surface area contributed by atoms with Crippen LogP contribution >= 0.6 is 0 Å². The fourth-order valence-corrected chi connectivity index (χ4v) is 3.21. The van der Waals surface area contributed by atoms with Gasteiger partial charge in [-0.1, -0.05) is 30.3 Å². The number of aromatic amines is 1. The topological polar surface area (TPSA) is 71.1 Å². The third kappa shape index (κ3) is 3.53. The molecule has 2 aromatic carbocycles. The van der Waals surface area contributed by atoms with E-state index in [9.17, 15) is 4.79 Å². The van der Waals surface area contributed by atoms with Crippen LogP contribution in [0.15, 0.2) is 48.5 Å². The molecule has 1 atom stereocenters. The van der Waals surface area contributed by atoms with Gasteiger partial charge < -0.3 is 9.64 Å². The number of benzene rings is 2. The second-order valence-corrected chi connectivity index (χ2v) is 6.33. The number of fused-ring (bicyclic) bond motifs is 1. The van der Waals surface area contributed by atoms with E-state index in [4.69, 9.17) is 4.74 Å². The largest absolute Gasteiger partial charge is 0.376 e. The van der Waals surface area contributed by atoms with Gasteiger partial charge in [-0.15, -0.1) is 0 Å². The highest BCUT2D eigenvalue weighted by Gasteiger charge is 2.24. The zero-order valence-corrected chi connectivity index (χ0v) is 13.9. The highest BCUT2D eigenvalue weighted by molar-refractivity contribution is 5.97. The van der Waals surface area contributed by atoms with Crippen molar-refractivity contribution in [3.63, 3.8) is 0 Å². The minimum atomic E-state index is -0.00995. The Morgan fingerprint density at radius 1 is 1.16 bits per heavy atom. The van der Waals surface area contributed by atoms with E-state index in [1.165, 1.54) is 0 Å². The minimum absolute atomic E-state index is 0.00995. The summed E-state index contributed by atoms with van der Waals surface area (Å²) in [7, 11) is 0. The van der Waals surface area contributed by atoms with Crippen LogP contribution in [0.3, 0.4) is 0 Å². The van der Waals surface area contributed by atoms with Crippen molar-refractivity contribution in [2.75, 3.05) is 13.2 Å². The van der Waals surface area contributed by atoms with Crippen LogP contribution < -0.4 is 0 Å². The fraction of sp³-hybridized carbons (Fsp3) is 0.316. The van der Waals surface area contributed by atoms with Crippen molar-refractivity contribution in [2.45, 2.75) is 25.5 Å². The molecule has 0 spiro atoms. The molecule has 1 aromatic heterocycles. The molecule has 25 heavy (non-hydrogen) atoms. The smallest absolute Gasteiger partial charge is 0.254 e. The first-order valence-electron chi connectivity index (χ1n) is 8.55. The Bertz CT molecular complexity index is 856. The summed E-state index contributed by atoms with van der Waals surface area (Å²) in [5, 5.41) is 10.7. The predicted molar refractivity (Wildman–Crippen MR) is 94.0 cm³/mol. The number of carbonyl (C=O) groups excluding carboxylic acids is 1. The Hall–Kier alpha value is -2.73. The van der Waals surface area contributed by atoms with Crippen LogP contribution in [0.2, 0.25) is 0 Å². The van der Waals surface area contributed by atoms with Crippen molar-refractivity contribution in [3.8, 4) is 0 Å². The SMILES string of the molecule is O=C(c1ccc2n[nH]nc2c1)N(Cc1ccccc1)CC1CCCO1. The molecular weight excluding hydrogens is 316 g/mol. The number of ether oxygens (including phenoxy) is 1. The summed E-state index contributed by atoms with van der Waals surface area (Å²) in [4.78, 5) is 15.0. The molecule has 6 heteroatoms. The number of hydrogen-bond acceptors (Lipinski definition) is 4. The molecule has 4 rings (SSSR count). The van der Waals surface area contributed by atoms with E-state index in [1.54, 1.807) is 12.1 Å². The van der Waals surface area contributed by atoms with Gasteiger partial charge in [-0.05, 0) is 36.6 Å². The summed E-state index contributed by atoms with van der Waals surface area (Å²) >= 11 is 0. The lowest BCUT2D eigenvalue weighted by Gasteiger charge is -2.25. The van der Waals surface area contributed by atoms with Crippen LogP contribution in [0.4, 0.5) is 0 Å². The van der Waals surface area contributed by atoms with Crippen molar-refractivity contribution in [1.29, 1.82) is 0 Å². The molecule has 2 heterocycles. The number of hydrogen-bond donors (Lipinski definition) is 1. The molecular formula is C19H20N4O2. The number of H-pyrrole nitrogens is 1. The molecule has 0 bridgehead atoms. The van der Waals surface area contributed by atoms with Crippen LogP contribution in [0.25, 0.3) is 11.0 Å². The normalized spacial score (nSPS) is 17.0. The molecule has 1 unspecified atom stereocenters. The first-order valence-corrected chi connectivity index (χ1v) is 8.55. The molecule has 1 aliphatic rings. The fourth-order valence-electron chi connectivity index (χ4n) is 3.21. The third-order valence-corrected chi connectivity index (χ3v) is 4.51. The van der Waals surface area contributed by atoms with Crippen LogP contribution in [0.5, 0.6) is 0 Å². The van der Waals surface area contributed by atoms with E-state index in [-0.39, 0.29) is 12.0 Å². The Balaban J connectivity index is 1.59. The second-order valence-electron chi connectivity index (χ2n) is 6.33. The first-order chi connectivity index (χ1) is 12.3. The molecule has 128 valence electrons. The number of amides is 1. The van der Waals surface area contributed by atoms with E-state index < -0.39 is 0 Å². The molecule has 1 N–H and O–H groups in total. The minimum Gasteiger partial charge on any atom is -0.376 e. The van der Waals surface area contributed by atoms with Crippen molar-refractivity contribution < 1.29 is 9.53 Å². The quantitative estimate of drug-likeness (QED) is 0.778. The summed E-state index contributed by atoms with van der Waals surface area (Å²) in [6.45, 7) is 1.95. The predicted octanol–water partition coefficient (Wildman–Crippen LogP) is 2.78. The van der Waals surface area contributed by atoms with Gasteiger partial charge in [0.05, 0.1) is 6.10 Å². The van der Waals surface area contributed by atoms with Gasteiger partial charge in [-0.2, -0.15) is 15.4 Å². The van der Waals surface area contributed by atoms with Gasteiger partial charge in [0.15, 0.2) is 0 Å². The molecule has 1 fully saturated rings. The van der Waals surface area contributed by atoms with Crippen LogP contribution in [-0.2, 0) is 11.3 Å². The number of nitrogens with zero attached hydrogens (tertiary/aromatic N) is 3. The van der Waals surface area contributed by atoms with E-state index in [0.29, 0.717) is 24.2 Å². The molecule has 1 amide bonds. The second kappa shape index (κ2) is 7.03. The van der Waals surface area contributed by atoms with Crippen LogP contribution in [0, 0.1) is 0 Å². The van der Waals surface area contributed by atoms with Gasteiger partial charge >= 0.3 is 0 Å². The molecule has 6 nitrogen and oxygen atoms in total. The summed E-state index contributed by atoms with van der Waals surface area (Å²) in [6.07, 6.45) is 2.17. The lowest BCUT2D eigenvalue weighted by molar-refractivity contribution is 0.0507. The standard InChI is InChI=1S/C19H20N4O2/c24-19(15-8-9-17-18(11-15)21-22-20-17)23(13-16-7-4-10-25-16)12-14-5-2-1-3-6-14/h1-3,5-6,8-9,11,16H,4,7,10,12-13H2,(H,20,21,22). The van der Waals surface area contributed by atoms with Crippen molar-refractivity contribution in [3.05, 3.63) is 59.7 Å². The Morgan fingerprint density at radius 3 is 2.80 bits per heavy atom. The van der Waals surface area contributed by atoms with Gasteiger partial charge in [-0.25, -0.2) is 0 Å². The highest BCUT2D eigenvalue weighted by Crippen LogP contribution is 2.19. The number of rotatable bonds is 5. The Kier molecular flexibility index (Phi) is 4.43. The summed E-state index contributed by atoms with van der Waals surface area (Å²) in [6, 6.07) is 15.5. The average Bonchev–Trinajstić information content (AvgIpc) is 3.32. The van der Waals surface area contributed by atoms with E-state index in [0.717, 1.165) is 30.5 Å². The Morgan fingerprint density at radius 2 is 2.00 bits per heavy atom. The summed E-state index contributed by atoms with van der Waals surface area (Å²) in [5.41, 5.74) is 3.18. The van der Waals surface area contributed by atoms with Crippen LogP contribution in [0.1, 0.15) is 28.8 Å². The number of nitrogens with one attached hydrogen (secondary N) is 1. The van der Waals surface area contributed by atoms with Crippen LogP contribution in [-0.4, -0.2) is 45.5 Å². The number of carbonyl (C=O) groups is 1. The van der Waals surface area contributed by atoms with Crippen molar-refractivity contribution in [1.82, 2.24) is 20.3 Å². The summed E-state index contributed by atoms with van der Waals surface area (Å²) < 4.78 is 5.74. The molecule has 1 aliphatic heterocycles. The molecule has 0 radical (unpaired) electrons. The average molecular weight is 336 g/mol. The molecule has 1 saturated heterocycles. The van der Waals surface area contributed by atoms with E-state index >= 15 is 0 Å². The van der Waals surface area contributed by atoms with Crippen molar-refractivity contribution in [2.24, 2.45) is 0 Å². The molecule has 3 aromatic rings. The van der Waals surface area contributed by atoms with Gasteiger partial charge in [0.2, 0.25) is 0 Å². The summed E-state index contributed by atoms with van der Waals surface area (Å²) in [5.74, 6) is -0.00995. The van der Waals surface area contributed by atoms with Gasteiger partial charge in [0.25, 0.3) is 5.91 Å². The maximum absolute atomic E-state index is 13.1. The van der Waals surface area contributed by atoms with Gasteiger partial charge in [-0.3, -0.25) is 4.79 Å². The maximum Gasteiger partial charge on any atom is 0.254 e. The Labute approximate surface area is 145 Å². The molecule has 0 aliphatic carbocycles. The molecule has 0 saturated carbocycles.